The van der Waals surface area contributed by atoms with Crippen molar-refractivity contribution in [3.05, 3.63) is 36.5 Å². The molecular weight excluding hydrogens is 160 g/mol. The normalized spacial score (nSPS) is 45.4. The molecule has 3 aliphatic carbocycles. The molecule has 0 aromatic heterocycles. The molecular formula is C12H12O. The Morgan fingerprint density at radius 1 is 1.08 bits per heavy atom. The second-order valence-electron chi connectivity index (χ2n) is 4.15. The van der Waals surface area contributed by atoms with Gasteiger partial charge in [-0.15, -0.1) is 0 Å². The molecule has 0 radical (unpaired) electrons. The van der Waals surface area contributed by atoms with Gasteiger partial charge in [-0.3, -0.25) is 4.79 Å². The Bertz CT molecular complexity index is 335. The quantitative estimate of drug-likeness (QED) is 0.511. The lowest BCUT2D eigenvalue weighted by Gasteiger charge is -2.34. The Balaban J connectivity index is 2.10. The van der Waals surface area contributed by atoms with Gasteiger partial charge in [-0.05, 0) is 30.3 Å². The van der Waals surface area contributed by atoms with Crippen molar-refractivity contribution in [2.24, 2.45) is 23.7 Å². The van der Waals surface area contributed by atoms with Crippen molar-refractivity contribution in [1.29, 1.82) is 0 Å². The predicted molar refractivity (Wildman–Crippen MR) is 51.0 cm³/mol. The molecule has 0 heterocycles. The zero-order valence-corrected chi connectivity index (χ0v) is 7.39. The number of hydrogen-bond donors (Lipinski definition) is 0. The van der Waals surface area contributed by atoms with Gasteiger partial charge in [0.25, 0.3) is 0 Å². The van der Waals surface area contributed by atoms with E-state index in [-0.39, 0.29) is 11.7 Å². The lowest BCUT2D eigenvalue weighted by Crippen LogP contribution is -2.30. The largest absolute Gasteiger partial charge is 0.294 e. The van der Waals surface area contributed by atoms with Crippen molar-refractivity contribution >= 4 is 5.78 Å². The third-order valence-corrected chi connectivity index (χ3v) is 3.50. The Morgan fingerprint density at radius 2 is 1.92 bits per heavy atom. The minimum absolute atomic E-state index is 0.138. The molecule has 66 valence electrons. The number of carbonyl (C=O) groups is 1. The summed E-state index contributed by atoms with van der Waals surface area (Å²) in [5, 5.41) is 0. The van der Waals surface area contributed by atoms with Crippen LogP contribution in [0.2, 0.25) is 0 Å². The fourth-order valence-electron chi connectivity index (χ4n) is 2.64. The van der Waals surface area contributed by atoms with Crippen LogP contribution < -0.4 is 0 Å². The van der Waals surface area contributed by atoms with Crippen LogP contribution in [0.15, 0.2) is 36.5 Å². The van der Waals surface area contributed by atoms with E-state index in [0.29, 0.717) is 17.8 Å². The molecule has 0 fully saturated rings. The first-order valence-corrected chi connectivity index (χ1v) is 4.93. The van der Waals surface area contributed by atoms with Crippen LogP contribution >= 0.6 is 0 Å². The van der Waals surface area contributed by atoms with Crippen LogP contribution in [0.1, 0.15) is 6.42 Å². The first kappa shape index (κ1) is 7.31. The van der Waals surface area contributed by atoms with Gasteiger partial charge in [0.2, 0.25) is 0 Å². The minimum atomic E-state index is 0.138. The maximum absolute atomic E-state index is 11.6. The molecule has 3 rings (SSSR count). The fraction of sp³-hybridized carbons (Fsp3) is 0.417. The molecule has 0 aromatic carbocycles. The molecule has 1 heteroatoms. The average Bonchev–Trinajstić information content (AvgIpc) is 2.21. The summed E-state index contributed by atoms with van der Waals surface area (Å²) in [6.07, 6.45) is 13.7. The van der Waals surface area contributed by atoms with Crippen LogP contribution in [0.3, 0.4) is 0 Å². The SMILES string of the molecule is O=C1C=CC2CC=CC1C1C=CC21. The molecule has 13 heavy (non-hydrogen) atoms. The van der Waals surface area contributed by atoms with Gasteiger partial charge in [0, 0.05) is 5.92 Å². The molecule has 3 aliphatic rings. The first-order valence-electron chi connectivity index (χ1n) is 4.93. The number of ketones is 1. The maximum atomic E-state index is 11.6. The smallest absolute Gasteiger partial charge is 0.162 e. The van der Waals surface area contributed by atoms with E-state index in [1.807, 2.05) is 0 Å². The molecule has 0 N–H and O–H groups in total. The average molecular weight is 172 g/mol. The molecule has 0 amide bonds. The van der Waals surface area contributed by atoms with Gasteiger partial charge in [-0.2, -0.15) is 0 Å². The summed E-state index contributed by atoms with van der Waals surface area (Å²) < 4.78 is 0. The van der Waals surface area contributed by atoms with Gasteiger partial charge in [0.1, 0.15) is 0 Å². The van der Waals surface area contributed by atoms with Crippen molar-refractivity contribution in [1.82, 2.24) is 0 Å². The molecule has 4 unspecified atom stereocenters. The van der Waals surface area contributed by atoms with E-state index in [1.165, 1.54) is 0 Å². The lowest BCUT2D eigenvalue weighted by atomic mass is 9.69. The van der Waals surface area contributed by atoms with Crippen molar-refractivity contribution < 1.29 is 4.79 Å². The predicted octanol–water partition coefficient (Wildman–Crippen LogP) is 2.12. The van der Waals surface area contributed by atoms with Crippen molar-refractivity contribution in [2.45, 2.75) is 6.42 Å². The monoisotopic (exact) mass is 172 g/mol. The third-order valence-electron chi connectivity index (χ3n) is 3.50. The van der Waals surface area contributed by atoms with E-state index in [2.05, 4.69) is 30.4 Å². The summed E-state index contributed by atoms with van der Waals surface area (Å²) >= 11 is 0. The zero-order chi connectivity index (χ0) is 8.84. The van der Waals surface area contributed by atoms with Crippen molar-refractivity contribution in [2.75, 3.05) is 0 Å². The molecule has 0 saturated heterocycles. The van der Waals surface area contributed by atoms with Gasteiger partial charge in [0.15, 0.2) is 5.78 Å². The number of hydrogen-bond acceptors (Lipinski definition) is 1. The first-order chi connectivity index (χ1) is 6.36. The molecule has 0 saturated carbocycles. The fourth-order valence-corrected chi connectivity index (χ4v) is 2.64. The van der Waals surface area contributed by atoms with E-state index in [0.717, 1.165) is 6.42 Å². The summed E-state index contributed by atoms with van der Waals surface area (Å²) in [7, 11) is 0. The number of carbonyl (C=O) groups excluding carboxylic acids is 1. The van der Waals surface area contributed by atoms with E-state index in [9.17, 15) is 4.79 Å². The molecule has 4 atom stereocenters. The van der Waals surface area contributed by atoms with E-state index < -0.39 is 0 Å². The van der Waals surface area contributed by atoms with Gasteiger partial charge >= 0.3 is 0 Å². The Morgan fingerprint density at radius 3 is 2.69 bits per heavy atom. The van der Waals surface area contributed by atoms with Gasteiger partial charge in [0.05, 0.1) is 0 Å². The van der Waals surface area contributed by atoms with Crippen LogP contribution in [0.25, 0.3) is 0 Å². The third kappa shape index (κ3) is 0.902. The topological polar surface area (TPSA) is 17.1 Å². The summed E-state index contributed by atoms with van der Waals surface area (Å²) in [5.74, 6) is 2.12. The van der Waals surface area contributed by atoms with E-state index in [4.69, 9.17) is 0 Å². The minimum Gasteiger partial charge on any atom is -0.294 e. The molecule has 0 aromatic rings. The lowest BCUT2D eigenvalue weighted by molar-refractivity contribution is -0.118. The van der Waals surface area contributed by atoms with E-state index >= 15 is 0 Å². The summed E-state index contributed by atoms with van der Waals surface area (Å²) in [6, 6.07) is 0. The Hall–Kier alpha value is -1.11. The summed E-state index contributed by atoms with van der Waals surface area (Å²) in [6.45, 7) is 0. The van der Waals surface area contributed by atoms with Gasteiger partial charge in [-0.25, -0.2) is 0 Å². The standard InChI is InChI=1S/C12H12O/c13-12-7-4-8-2-1-3-11(12)10-6-5-9(8)10/h1,3-11H,2H2. The number of rotatable bonds is 0. The maximum Gasteiger partial charge on any atom is 0.162 e. The van der Waals surface area contributed by atoms with Gasteiger partial charge in [-0.1, -0.05) is 30.4 Å². The molecule has 1 nitrogen and oxygen atoms in total. The van der Waals surface area contributed by atoms with E-state index in [1.54, 1.807) is 6.08 Å². The second kappa shape index (κ2) is 2.44. The summed E-state index contributed by atoms with van der Waals surface area (Å²) in [5.41, 5.74) is 0. The van der Waals surface area contributed by atoms with Crippen LogP contribution in [0.4, 0.5) is 0 Å². The van der Waals surface area contributed by atoms with Crippen LogP contribution in [0, 0.1) is 23.7 Å². The van der Waals surface area contributed by atoms with Crippen LogP contribution in [0.5, 0.6) is 0 Å². The highest BCUT2D eigenvalue weighted by Crippen LogP contribution is 2.44. The highest BCUT2D eigenvalue weighted by Gasteiger charge is 2.40. The molecule has 0 aliphatic heterocycles. The zero-order valence-electron chi connectivity index (χ0n) is 7.39. The van der Waals surface area contributed by atoms with Crippen LogP contribution in [-0.4, -0.2) is 5.78 Å². The second-order valence-corrected chi connectivity index (χ2v) is 4.15. The highest BCUT2D eigenvalue weighted by molar-refractivity contribution is 5.94. The van der Waals surface area contributed by atoms with Gasteiger partial charge < -0.3 is 0 Å². The highest BCUT2D eigenvalue weighted by atomic mass is 16.1. The van der Waals surface area contributed by atoms with Crippen molar-refractivity contribution in [3.63, 3.8) is 0 Å². The molecule has 0 spiro atoms. The van der Waals surface area contributed by atoms with Crippen LogP contribution in [-0.2, 0) is 4.79 Å². The molecule has 2 bridgehead atoms. The Kier molecular flexibility index (Phi) is 1.37. The number of allylic oxidation sites excluding steroid dienone is 6. The van der Waals surface area contributed by atoms with Crippen molar-refractivity contribution in [3.8, 4) is 0 Å². The Labute approximate surface area is 77.8 Å². The summed E-state index contributed by atoms with van der Waals surface area (Å²) in [4.78, 5) is 11.6.